The van der Waals surface area contributed by atoms with Gasteiger partial charge in [-0.25, -0.2) is 0 Å². The summed E-state index contributed by atoms with van der Waals surface area (Å²) in [5.74, 6) is 1.76. The first-order valence-corrected chi connectivity index (χ1v) is 8.22. The van der Waals surface area contributed by atoms with Crippen molar-refractivity contribution in [2.75, 3.05) is 26.7 Å². The molecule has 0 radical (unpaired) electrons. The van der Waals surface area contributed by atoms with E-state index in [1.807, 2.05) is 0 Å². The lowest BCUT2D eigenvalue weighted by Gasteiger charge is -2.40. The minimum atomic E-state index is -0.0316. The normalized spacial score (nSPS) is 32.9. The van der Waals surface area contributed by atoms with Crippen LogP contribution in [0.3, 0.4) is 0 Å². The highest BCUT2D eigenvalue weighted by atomic mass is 16.5. The molecule has 0 aromatic carbocycles. The second-order valence-corrected chi connectivity index (χ2v) is 7.04. The van der Waals surface area contributed by atoms with Crippen LogP contribution in [0.5, 0.6) is 0 Å². The smallest absolute Gasteiger partial charge is 0.310 e. The fourth-order valence-corrected chi connectivity index (χ4v) is 3.48. The molecule has 3 atom stereocenters. The maximum atomic E-state index is 11.9. The van der Waals surface area contributed by atoms with Crippen LogP contribution >= 0.6 is 0 Å². The van der Waals surface area contributed by atoms with Crippen molar-refractivity contribution in [3.8, 4) is 0 Å². The number of rotatable bonds is 6. The van der Waals surface area contributed by atoms with E-state index in [1.54, 1.807) is 0 Å². The number of esters is 1. The summed E-state index contributed by atoms with van der Waals surface area (Å²) in [6.07, 6.45) is 6.42. The van der Waals surface area contributed by atoms with Crippen molar-refractivity contribution >= 4 is 5.97 Å². The van der Waals surface area contributed by atoms with Gasteiger partial charge in [0.25, 0.3) is 0 Å². The molecule has 20 heavy (non-hydrogen) atoms. The van der Waals surface area contributed by atoms with Crippen LogP contribution in [0.25, 0.3) is 0 Å². The lowest BCUT2D eigenvalue weighted by Crippen LogP contribution is -2.54. The molecule has 2 aliphatic carbocycles. The molecule has 2 saturated carbocycles. The van der Waals surface area contributed by atoms with Crippen LogP contribution in [0.15, 0.2) is 0 Å². The van der Waals surface area contributed by atoms with E-state index in [1.165, 1.54) is 32.8 Å². The van der Waals surface area contributed by atoms with Crippen LogP contribution in [0.4, 0.5) is 0 Å². The Hall–Kier alpha value is -0.610. The van der Waals surface area contributed by atoms with Crippen molar-refractivity contribution < 1.29 is 9.53 Å². The Morgan fingerprint density at radius 2 is 2.05 bits per heavy atom. The number of ether oxygens (including phenoxy) is 1. The number of piperidine rings is 1. The van der Waals surface area contributed by atoms with Crippen LogP contribution in [-0.2, 0) is 9.53 Å². The summed E-state index contributed by atoms with van der Waals surface area (Å²) in [6.45, 7) is 5.43. The minimum absolute atomic E-state index is 0.0316. The van der Waals surface area contributed by atoms with E-state index in [0.717, 1.165) is 37.9 Å². The molecule has 3 rings (SSSR count). The molecule has 1 N–H and O–H groups in total. The number of carbonyl (C=O) groups is 1. The number of nitrogens with one attached hydrogen (secondary N) is 1. The maximum Gasteiger partial charge on any atom is 0.310 e. The van der Waals surface area contributed by atoms with Crippen molar-refractivity contribution in [1.82, 2.24) is 10.2 Å². The largest absolute Gasteiger partial charge is 0.469 e. The second kappa shape index (κ2) is 6.02. The summed E-state index contributed by atoms with van der Waals surface area (Å²) in [7, 11) is 1.51. The Labute approximate surface area is 122 Å². The van der Waals surface area contributed by atoms with E-state index in [0.29, 0.717) is 12.1 Å². The molecule has 3 unspecified atom stereocenters. The Kier molecular flexibility index (Phi) is 4.32. The van der Waals surface area contributed by atoms with Crippen molar-refractivity contribution in [3.63, 3.8) is 0 Å². The first-order valence-electron chi connectivity index (χ1n) is 8.22. The molecule has 0 aromatic heterocycles. The minimum Gasteiger partial charge on any atom is -0.469 e. The molecule has 0 aromatic rings. The molecule has 0 amide bonds. The predicted octanol–water partition coefficient (Wildman–Crippen LogP) is 1.65. The summed E-state index contributed by atoms with van der Waals surface area (Å²) in [4.78, 5) is 14.5. The van der Waals surface area contributed by atoms with E-state index in [-0.39, 0.29) is 11.9 Å². The van der Waals surface area contributed by atoms with E-state index in [9.17, 15) is 4.79 Å². The standard InChI is InChI=1S/C16H28N2O2/c1-11(13-5-6-13)18-9-14(16(19)20-2)7-15(10-18)17-8-12-3-4-12/h11-15,17H,3-10H2,1-2H3. The molecule has 4 heteroatoms. The summed E-state index contributed by atoms with van der Waals surface area (Å²) in [5, 5.41) is 3.69. The highest BCUT2D eigenvalue weighted by Gasteiger charge is 2.39. The molecule has 1 heterocycles. The zero-order valence-electron chi connectivity index (χ0n) is 12.8. The Morgan fingerprint density at radius 3 is 2.65 bits per heavy atom. The molecular formula is C16H28N2O2. The van der Waals surface area contributed by atoms with Gasteiger partial charge < -0.3 is 10.1 Å². The third kappa shape index (κ3) is 3.53. The Bertz CT molecular complexity index is 352. The van der Waals surface area contributed by atoms with E-state index in [2.05, 4.69) is 17.1 Å². The van der Waals surface area contributed by atoms with Crippen LogP contribution in [0.2, 0.25) is 0 Å². The van der Waals surface area contributed by atoms with Gasteiger partial charge in [0.05, 0.1) is 13.0 Å². The molecule has 3 aliphatic rings. The zero-order valence-corrected chi connectivity index (χ0v) is 12.8. The average Bonchev–Trinajstić information content (AvgIpc) is 3.35. The van der Waals surface area contributed by atoms with Gasteiger partial charge in [-0.1, -0.05) is 0 Å². The van der Waals surface area contributed by atoms with Gasteiger partial charge in [0.2, 0.25) is 0 Å². The van der Waals surface area contributed by atoms with Crippen molar-refractivity contribution in [2.45, 2.75) is 51.1 Å². The van der Waals surface area contributed by atoms with E-state index < -0.39 is 0 Å². The number of hydrogen-bond donors (Lipinski definition) is 1. The van der Waals surface area contributed by atoms with Crippen LogP contribution in [-0.4, -0.2) is 49.7 Å². The fraction of sp³-hybridized carbons (Fsp3) is 0.938. The molecule has 1 saturated heterocycles. The molecule has 0 bridgehead atoms. The van der Waals surface area contributed by atoms with Crippen molar-refractivity contribution in [3.05, 3.63) is 0 Å². The monoisotopic (exact) mass is 280 g/mol. The Morgan fingerprint density at radius 1 is 1.30 bits per heavy atom. The molecule has 0 spiro atoms. The van der Waals surface area contributed by atoms with Gasteiger partial charge in [0.15, 0.2) is 0 Å². The molecule has 3 fully saturated rings. The number of methoxy groups -OCH3 is 1. The predicted molar refractivity (Wildman–Crippen MR) is 78.4 cm³/mol. The molecule has 1 aliphatic heterocycles. The van der Waals surface area contributed by atoms with Crippen molar-refractivity contribution in [1.29, 1.82) is 0 Å². The van der Waals surface area contributed by atoms with Gasteiger partial charge in [-0.3, -0.25) is 9.69 Å². The van der Waals surface area contributed by atoms with Crippen LogP contribution < -0.4 is 5.32 Å². The number of likely N-dealkylation sites (tertiary alicyclic amines) is 1. The van der Waals surface area contributed by atoms with Crippen LogP contribution in [0.1, 0.15) is 39.0 Å². The van der Waals surface area contributed by atoms with Gasteiger partial charge >= 0.3 is 5.97 Å². The van der Waals surface area contributed by atoms with Gasteiger partial charge in [-0.05, 0) is 57.4 Å². The molecule has 114 valence electrons. The van der Waals surface area contributed by atoms with Gasteiger partial charge in [0, 0.05) is 25.2 Å². The fourth-order valence-electron chi connectivity index (χ4n) is 3.48. The summed E-state index contributed by atoms with van der Waals surface area (Å²) >= 11 is 0. The van der Waals surface area contributed by atoms with Gasteiger partial charge in [0.1, 0.15) is 0 Å². The van der Waals surface area contributed by atoms with E-state index >= 15 is 0 Å². The van der Waals surface area contributed by atoms with Crippen LogP contribution in [0, 0.1) is 17.8 Å². The Balaban J connectivity index is 1.58. The van der Waals surface area contributed by atoms with E-state index in [4.69, 9.17) is 4.74 Å². The first-order chi connectivity index (χ1) is 9.67. The number of carbonyl (C=O) groups excluding carboxylic acids is 1. The first kappa shape index (κ1) is 14.3. The quantitative estimate of drug-likeness (QED) is 0.751. The topological polar surface area (TPSA) is 41.6 Å². The highest BCUT2D eigenvalue weighted by Crippen LogP contribution is 2.37. The average molecular weight is 280 g/mol. The lowest BCUT2D eigenvalue weighted by molar-refractivity contribution is -0.148. The summed E-state index contributed by atoms with van der Waals surface area (Å²) < 4.78 is 4.99. The zero-order chi connectivity index (χ0) is 14.1. The second-order valence-electron chi connectivity index (χ2n) is 7.04. The molecular weight excluding hydrogens is 252 g/mol. The number of nitrogens with zero attached hydrogens (tertiary/aromatic N) is 1. The third-order valence-corrected chi connectivity index (χ3v) is 5.29. The highest BCUT2D eigenvalue weighted by molar-refractivity contribution is 5.72. The summed E-state index contributed by atoms with van der Waals surface area (Å²) in [5.41, 5.74) is 0. The molecule has 4 nitrogen and oxygen atoms in total. The SMILES string of the molecule is COC(=O)C1CC(NCC2CC2)CN(C(C)C2CC2)C1. The van der Waals surface area contributed by atoms with Gasteiger partial charge in [-0.2, -0.15) is 0 Å². The summed E-state index contributed by atoms with van der Waals surface area (Å²) in [6, 6.07) is 1.07. The van der Waals surface area contributed by atoms with Crippen molar-refractivity contribution in [2.24, 2.45) is 17.8 Å². The third-order valence-electron chi connectivity index (χ3n) is 5.29. The lowest BCUT2D eigenvalue weighted by atomic mass is 9.92. The van der Waals surface area contributed by atoms with Gasteiger partial charge in [-0.15, -0.1) is 0 Å². The maximum absolute atomic E-state index is 11.9. The number of hydrogen-bond acceptors (Lipinski definition) is 4.